The molecular formula is C41H40Cl2N4O6. The Labute approximate surface area is 318 Å². The average molecular weight is 756 g/mol. The second-order valence-corrected chi connectivity index (χ2v) is 14.9. The zero-order chi connectivity index (χ0) is 37.3. The third kappa shape index (κ3) is 7.04. The van der Waals surface area contributed by atoms with Crippen molar-refractivity contribution < 1.29 is 29.0 Å². The summed E-state index contributed by atoms with van der Waals surface area (Å²) in [7, 11) is 1.36. The SMILES string of the molecule is COC(=O)c1ccc2c(c1)C1(CCN(Cc3ccccc3Cl)CC1)C(=O)N2.O=C(O)c1ccc2c(c1)C1(CCN(Cc3ccccc3Cl)CC1)C(=O)N2. The molecule has 10 nitrogen and oxygen atoms in total. The van der Waals surface area contributed by atoms with Crippen LogP contribution in [0.4, 0.5) is 11.4 Å². The smallest absolute Gasteiger partial charge is 0.337 e. The number of anilines is 2. The Balaban J connectivity index is 0.000000164. The number of nitrogens with one attached hydrogen (secondary N) is 2. The molecule has 2 fully saturated rings. The van der Waals surface area contributed by atoms with Crippen LogP contribution in [-0.2, 0) is 38.2 Å². The third-order valence-corrected chi connectivity index (χ3v) is 12.0. The minimum absolute atomic E-state index is 0.0209. The second kappa shape index (κ2) is 14.9. The van der Waals surface area contributed by atoms with Crippen LogP contribution in [0.1, 0.15) is 68.7 Å². The van der Waals surface area contributed by atoms with Gasteiger partial charge in [-0.3, -0.25) is 19.4 Å². The first-order chi connectivity index (χ1) is 25.5. The second-order valence-electron chi connectivity index (χ2n) is 14.1. The molecule has 8 rings (SSSR count). The van der Waals surface area contributed by atoms with E-state index in [0.717, 1.165) is 82.9 Å². The van der Waals surface area contributed by atoms with Crippen LogP contribution < -0.4 is 10.6 Å². The molecule has 0 radical (unpaired) electrons. The van der Waals surface area contributed by atoms with E-state index in [2.05, 4.69) is 20.4 Å². The molecule has 2 saturated heterocycles. The number of aromatic carboxylic acids is 1. The monoisotopic (exact) mass is 754 g/mol. The number of methoxy groups -OCH3 is 1. The molecule has 12 heteroatoms. The lowest BCUT2D eigenvalue weighted by Crippen LogP contribution is -2.46. The normalized spacial score (nSPS) is 18.4. The predicted octanol–water partition coefficient (Wildman–Crippen LogP) is 7.14. The number of nitrogens with zero attached hydrogens (tertiary/aromatic N) is 2. The molecule has 0 saturated carbocycles. The highest BCUT2D eigenvalue weighted by Crippen LogP contribution is 2.47. The predicted molar refractivity (Wildman–Crippen MR) is 204 cm³/mol. The number of benzene rings is 4. The number of piperidine rings is 2. The molecule has 274 valence electrons. The molecule has 0 atom stereocenters. The van der Waals surface area contributed by atoms with Gasteiger partial charge in [-0.25, -0.2) is 9.59 Å². The van der Waals surface area contributed by atoms with Gasteiger partial charge in [0.25, 0.3) is 0 Å². The van der Waals surface area contributed by atoms with Crippen LogP contribution in [0.2, 0.25) is 10.0 Å². The number of esters is 1. The summed E-state index contributed by atoms with van der Waals surface area (Å²) in [4.78, 5) is 53.4. The fourth-order valence-corrected chi connectivity index (χ4v) is 8.51. The van der Waals surface area contributed by atoms with Gasteiger partial charge in [0.05, 0.1) is 29.1 Å². The summed E-state index contributed by atoms with van der Waals surface area (Å²) in [5.74, 6) is -1.36. The molecule has 3 N–H and O–H groups in total. The molecule has 4 aliphatic rings. The summed E-state index contributed by atoms with van der Waals surface area (Å²) in [5, 5.41) is 16.7. The van der Waals surface area contributed by atoms with E-state index in [1.54, 1.807) is 24.3 Å². The summed E-state index contributed by atoms with van der Waals surface area (Å²) in [6.07, 6.45) is 2.75. The van der Waals surface area contributed by atoms with Gasteiger partial charge in [0.2, 0.25) is 11.8 Å². The van der Waals surface area contributed by atoms with E-state index in [4.69, 9.17) is 27.9 Å². The van der Waals surface area contributed by atoms with Gasteiger partial charge >= 0.3 is 11.9 Å². The first-order valence-electron chi connectivity index (χ1n) is 17.7. The highest BCUT2D eigenvalue weighted by molar-refractivity contribution is 6.31. The van der Waals surface area contributed by atoms with Gasteiger partial charge in [0, 0.05) is 34.5 Å². The number of carbonyl (C=O) groups excluding carboxylic acids is 3. The van der Waals surface area contributed by atoms with E-state index >= 15 is 0 Å². The molecule has 4 aromatic carbocycles. The van der Waals surface area contributed by atoms with Crippen molar-refractivity contribution in [3.8, 4) is 0 Å². The number of hydrogen-bond acceptors (Lipinski definition) is 7. The first-order valence-corrected chi connectivity index (χ1v) is 18.4. The van der Waals surface area contributed by atoms with E-state index < -0.39 is 16.8 Å². The molecule has 0 aromatic heterocycles. The zero-order valence-corrected chi connectivity index (χ0v) is 30.8. The Bertz CT molecular complexity index is 2090. The number of rotatable bonds is 6. The van der Waals surface area contributed by atoms with Crippen molar-refractivity contribution in [1.82, 2.24) is 9.80 Å². The summed E-state index contributed by atoms with van der Waals surface area (Å²) in [5.41, 5.74) is 4.94. The molecule has 4 aromatic rings. The molecule has 0 aliphatic carbocycles. The Morgan fingerprint density at radius 3 is 1.51 bits per heavy atom. The van der Waals surface area contributed by atoms with Crippen LogP contribution in [0, 0.1) is 0 Å². The van der Waals surface area contributed by atoms with Gasteiger partial charge in [0.1, 0.15) is 0 Å². The van der Waals surface area contributed by atoms with E-state index in [1.165, 1.54) is 13.2 Å². The van der Waals surface area contributed by atoms with Crippen molar-refractivity contribution in [3.63, 3.8) is 0 Å². The van der Waals surface area contributed by atoms with E-state index in [-0.39, 0.29) is 23.3 Å². The minimum Gasteiger partial charge on any atom is -0.478 e. The lowest BCUT2D eigenvalue weighted by atomic mass is 9.73. The maximum absolute atomic E-state index is 12.8. The van der Waals surface area contributed by atoms with E-state index in [0.29, 0.717) is 31.2 Å². The van der Waals surface area contributed by atoms with Crippen molar-refractivity contribution in [2.24, 2.45) is 0 Å². The lowest BCUT2D eigenvalue weighted by molar-refractivity contribution is -0.123. The van der Waals surface area contributed by atoms with Crippen LogP contribution in [0.15, 0.2) is 84.9 Å². The molecule has 53 heavy (non-hydrogen) atoms. The van der Waals surface area contributed by atoms with Crippen molar-refractivity contribution in [2.75, 3.05) is 43.9 Å². The van der Waals surface area contributed by atoms with Gasteiger partial charge in [0.15, 0.2) is 0 Å². The molecular weight excluding hydrogens is 715 g/mol. The first kappa shape index (κ1) is 36.6. The summed E-state index contributed by atoms with van der Waals surface area (Å²) in [6, 6.07) is 25.8. The maximum Gasteiger partial charge on any atom is 0.337 e. The fraction of sp³-hybridized carbons (Fsp3) is 0.317. The van der Waals surface area contributed by atoms with E-state index in [9.17, 15) is 24.3 Å². The molecule has 2 amide bonds. The van der Waals surface area contributed by atoms with Gasteiger partial charge in [-0.1, -0.05) is 59.6 Å². The highest BCUT2D eigenvalue weighted by atomic mass is 35.5. The number of ether oxygens (including phenoxy) is 1. The van der Waals surface area contributed by atoms with Gasteiger partial charge in [-0.15, -0.1) is 0 Å². The zero-order valence-electron chi connectivity index (χ0n) is 29.3. The molecule has 2 spiro atoms. The topological polar surface area (TPSA) is 128 Å². The number of amides is 2. The number of fused-ring (bicyclic) bond motifs is 4. The van der Waals surface area contributed by atoms with Crippen molar-refractivity contribution >= 4 is 58.3 Å². The van der Waals surface area contributed by atoms with Crippen molar-refractivity contribution in [1.29, 1.82) is 0 Å². The highest BCUT2D eigenvalue weighted by Gasteiger charge is 2.50. The van der Waals surface area contributed by atoms with Crippen molar-refractivity contribution in [2.45, 2.75) is 49.6 Å². The van der Waals surface area contributed by atoms with Crippen LogP contribution in [-0.4, -0.2) is 71.9 Å². The Morgan fingerprint density at radius 2 is 1.09 bits per heavy atom. The lowest BCUT2D eigenvalue weighted by Gasteiger charge is -2.38. The number of carboxylic acid groups (broad SMARTS) is 1. The van der Waals surface area contributed by atoms with Crippen molar-refractivity contribution in [3.05, 3.63) is 128 Å². The van der Waals surface area contributed by atoms with Crippen LogP contribution in [0.25, 0.3) is 0 Å². The number of hydrogen-bond donors (Lipinski definition) is 3. The number of likely N-dealkylation sites (tertiary alicyclic amines) is 2. The summed E-state index contributed by atoms with van der Waals surface area (Å²) < 4.78 is 4.83. The summed E-state index contributed by atoms with van der Waals surface area (Å²) in [6.45, 7) is 4.62. The van der Waals surface area contributed by atoms with E-state index in [1.807, 2.05) is 54.6 Å². The quantitative estimate of drug-likeness (QED) is 0.177. The van der Waals surface area contributed by atoms with Crippen LogP contribution >= 0.6 is 23.2 Å². The molecule has 4 heterocycles. The Morgan fingerprint density at radius 1 is 0.679 bits per heavy atom. The third-order valence-electron chi connectivity index (χ3n) is 11.2. The Kier molecular flexibility index (Phi) is 10.3. The molecule has 4 aliphatic heterocycles. The number of halogens is 2. The van der Waals surface area contributed by atoms with Gasteiger partial charge < -0.3 is 20.5 Å². The minimum atomic E-state index is -0.974. The van der Waals surface area contributed by atoms with Crippen LogP contribution in [0.3, 0.4) is 0 Å². The molecule has 0 unspecified atom stereocenters. The number of carbonyl (C=O) groups is 4. The number of carboxylic acids is 1. The largest absolute Gasteiger partial charge is 0.478 e. The fourth-order valence-electron chi connectivity index (χ4n) is 8.12. The van der Waals surface area contributed by atoms with Gasteiger partial charge in [-0.05, 0) is 123 Å². The standard InChI is InChI=1S/C21H21ClN2O3.C20H19ClN2O3/c1-27-19(25)14-6-7-18-16(12-14)21(20(26)23-18)8-10-24(11-9-21)13-15-4-2-3-5-17(15)22;21-16-4-2-1-3-14(16)12-23-9-7-20(8-10-23)15-11-13(18(24)25)5-6-17(15)22-19(20)26/h2-7,12H,8-11,13H2,1H3,(H,23,26);1-6,11H,7-10,12H2,(H,22,26)(H,24,25). The van der Waals surface area contributed by atoms with Crippen LogP contribution in [0.5, 0.6) is 0 Å². The Hall–Kier alpha value is -4.74. The summed E-state index contributed by atoms with van der Waals surface area (Å²) >= 11 is 12.5. The average Bonchev–Trinajstić information content (AvgIpc) is 3.59. The molecule has 0 bridgehead atoms. The van der Waals surface area contributed by atoms with Gasteiger partial charge in [-0.2, -0.15) is 0 Å². The maximum atomic E-state index is 12.8.